The van der Waals surface area contributed by atoms with Crippen LogP contribution in [0, 0.1) is 10.1 Å². The van der Waals surface area contributed by atoms with Crippen LogP contribution in [0.1, 0.15) is 0 Å². The Labute approximate surface area is 136 Å². The molecule has 0 saturated carbocycles. The summed E-state index contributed by atoms with van der Waals surface area (Å²) in [5.74, 6) is 0.309. The van der Waals surface area contributed by atoms with Crippen molar-refractivity contribution < 1.29 is 13.3 Å². The van der Waals surface area contributed by atoms with Crippen molar-refractivity contribution in [3.05, 3.63) is 65.2 Å². The number of benzene rings is 1. The summed E-state index contributed by atoms with van der Waals surface area (Å²) in [5, 5.41) is 15.0. The van der Waals surface area contributed by atoms with Gasteiger partial charge in [0.1, 0.15) is 12.1 Å². The minimum Gasteiger partial charge on any atom is -0.263 e. The van der Waals surface area contributed by atoms with E-state index < -0.39 is 25.5 Å². The van der Waals surface area contributed by atoms with E-state index in [0.29, 0.717) is 5.82 Å². The maximum atomic E-state index is 12.4. The molecule has 0 bridgehead atoms. The lowest BCUT2D eigenvalue weighted by Gasteiger charge is -2.08. The van der Waals surface area contributed by atoms with Crippen LogP contribution in [-0.2, 0) is 10.0 Å². The minimum atomic E-state index is -4.19. The van der Waals surface area contributed by atoms with Crippen LogP contribution < -0.4 is 4.72 Å². The molecule has 0 unspecified atom stereocenters. The highest BCUT2D eigenvalue weighted by molar-refractivity contribution is 7.92. The fraction of sp³-hybridized carbons (Fsp3) is 0. The molecule has 0 aliphatic rings. The molecule has 1 N–H and O–H groups in total. The fourth-order valence-corrected chi connectivity index (χ4v) is 3.13. The van der Waals surface area contributed by atoms with Crippen molar-refractivity contribution in [2.75, 3.05) is 4.72 Å². The third kappa shape index (κ3) is 3.05. The molecule has 3 rings (SSSR count). The van der Waals surface area contributed by atoms with Gasteiger partial charge < -0.3 is 0 Å². The lowest BCUT2D eigenvalue weighted by Crippen LogP contribution is -2.16. The molecule has 122 valence electrons. The van der Waals surface area contributed by atoms with Crippen LogP contribution in [0.5, 0.6) is 0 Å². The number of nitro groups is 1. The first-order valence-corrected chi connectivity index (χ1v) is 8.04. The van der Waals surface area contributed by atoms with E-state index in [9.17, 15) is 18.5 Å². The molecule has 10 nitrogen and oxygen atoms in total. The smallest absolute Gasteiger partial charge is 0.263 e. The molecule has 24 heavy (non-hydrogen) atoms. The van der Waals surface area contributed by atoms with Crippen molar-refractivity contribution in [3.63, 3.8) is 0 Å². The molecule has 0 atom stereocenters. The van der Waals surface area contributed by atoms with Crippen LogP contribution in [0.2, 0.25) is 0 Å². The number of rotatable bonds is 5. The average Bonchev–Trinajstić information content (AvgIpc) is 3.09. The summed E-state index contributed by atoms with van der Waals surface area (Å²) >= 11 is 0. The van der Waals surface area contributed by atoms with E-state index >= 15 is 0 Å². The quantitative estimate of drug-likeness (QED) is 0.545. The average molecular weight is 346 g/mol. The summed E-state index contributed by atoms with van der Waals surface area (Å²) in [6, 6.07) is 8.09. The largest absolute Gasteiger partial charge is 0.289 e. The number of nitrogens with one attached hydrogen (secondary N) is 1. The first-order chi connectivity index (χ1) is 11.5. The van der Waals surface area contributed by atoms with Gasteiger partial charge in [0.25, 0.3) is 15.7 Å². The number of aromatic nitrogens is 4. The van der Waals surface area contributed by atoms with Crippen LogP contribution in [0.3, 0.4) is 0 Å². The summed E-state index contributed by atoms with van der Waals surface area (Å²) in [6.45, 7) is 0. The van der Waals surface area contributed by atoms with Gasteiger partial charge in [-0.1, -0.05) is 12.1 Å². The predicted molar refractivity (Wildman–Crippen MR) is 83.1 cm³/mol. The predicted octanol–water partition coefficient (Wildman–Crippen LogP) is 1.37. The van der Waals surface area contributed by atoms with Crippen molar-refractivity contribution >= 4 is 21.5 Å². The van der Waals surface area contributed by atoms with E-state index in [4.69, 9.17) is 0 Å². The van der Waals surface area contributed by atoms with Crippen LogP contribution in [0.4, 0.5) is 11.5 Å². The highest BCUT2D eigenvalue weighted by atomic mass is 32.2. The highest BCUT2D eigenvalue weighted by Gasteiger charge is 2.25. The summed E-state index contributed by atoms with van der Waals surface area (Å²) in [5.41, 5.74) is -0.522. The van der Waals surface area contributed by atoms with Gasteiger partial charge >= 0.3 is 0 Å². The van der Waals surface area contributed by atoms with Crippen LogP contribution in [0.15, 0.2) is 60.0 Å². The molecule has 0 aliphatic carbocycles. The number of hydrogen-bond acceptors (Lipinski definition) is 7. The van der Waals surface area contributed by atoms with Crippen molar-refractivity contribution in [3.8, 4) is 5.82 Å². The normalized spacial score (nSPS) is 11.2. The highest BCUT2D eigenvalue weighted by Crippen LogP contribution is 2.24. The molecule has 3 aromatic rings. The summed E-state index contributed by atoms with van der Waals surface area (Å²) < 4.78 is 28.5. The lowest BCUT2D eigenvalue weighted by atomic mass is 10.3. The molecule has 0 saturated heterocycles. The van der Waals surface area contributed by atoms with Crippen molar-refractivity contribution in [1.82, 2.24) is 19.7 Å². The van der Waals surface area contributed by atoms with E-state index in [-0.39, 0.29) is 5.82 Å². The molecule has 0 radical (unpaired) electrons. The van der Waals surface area contributed by atoms with E-state index in [1.807, 2.05) is 0 Å². The number of anilines is 1. The van der Waals surface area contributed by atoms with Gasteiger partial charge in [-0.25, -0.2) is 23.1 Å². The maximum Gasteiger partial charge on any atom is 0.289 e. The lowest BCUT2D eigenvalue weighted by molar-refractivity contribution is -0.387. The van der Waals surface area contributed by atoms with Crippen molar-refractivity contribution in [2.45, 2.75) is 4.90 Å². The van der Waals surface area contributed by atoms with Gasteiger partial charge in [0.2, 0.25) is 0 Å². The Morgan fingerprint density at radius 1 is 1.17 bits per heavy atom. The second-order valence-electron chi connectivity index (χ2n) is 4.54. The molecule has 2 aromatic heterocycles. The Morgan fingerprint density at radius 2 is 1.96 bits per heavy atom. The molecule has 0 spiro atoms. The monoisotopic (exact) mass is 346 g/mol. The number of sulfonamides is 1. The Morgan fingerprint density at radius 3 is 2.67 bits per heavy atom. The molecular weight excluding hydrogens is 336 g/mol. The number of hydrogen-bond donors (Lipinski definition) is 1. The van der Waals surface area contributed by atoms with Gasteiger partial charge in [-0.3, -0.25) is 14.8 Å². The van der Waals surface area contributed by atoms with E-state index in [2.05, 4.69) is 19.8 Å². The Hall–Kier alpha value is -3.34. The molecular formula is C13H10N6O4S. The van der Waals surface area contributed by atoms with Gasteiger partial charge in [-0.15, -0.1) is 0 Å². The molecule has 0 fully saturated rings. The van der Waals surface area contributed by atoms with Gasteiger partial charge in [-0.05, 0) is 12.1 Å². The molecule has 0 aliphatic heterocycles. The number of para-hydroxylation sites is 1. The zero-order chi connectivity index (χ0) is 17.2. The topological polar surface area (TPSA) is 133 Å². The van der Waals surface area contributed by atoms with Crippen LogP contribution in [-0.4, -0.2) is 33.1 Å². The van der Waals surface area contributed by atoms with E-state index in [0.717, 1.165) is 18.5 Å². The third-order valence-electron chi connectivity index (χ3n) is 2.98. The van der Waals surface area contributed by atoms with Crippen LogP contribution >= 0.6 is 0 Å². The zero-order valence-electron chi connectivity index (χ0n) is 12.0. The molecule has 2 heterocycles. The maximum absolute atomic E-state index is 12.4. The van der Waals surface area contributed by atoms with Crippen molar-refractivity contribution in [2.24, 2.45) is 0 Å². The standard InChI is InChI=1S/C13H10N6O4S/c20-19(21)10-4-1-2-5-11(10)24(22,23)17-12-8-13(15-9-14-12)18-7-3-6-16-18/h1-9H,(H,14,15,17). The first kappa shape index (κ1) is 15.6. The Kier molecular flexibility index (Phi) is 3.92. The van der Waals surface area contributed by atoms with Crippen molar-refractivity contribution in [1.29, 1.82) is 0 Å². The first-order valence-electron chi connectivity index (χ1n) is 6.56. The minimum absolute atomic E-state index is 0.0337. The summed E-state index contributed by atoms with van der Waals surface area (Å²) in [7, 11) is -4.19. The fourth-order valence-electron chi connectivity index (χ4n) is 1.96. The SMILES string of the molecule is O=[N+]([O-])c1ccccc1S(=O)(=O)Nc1cc(-n2cccn2)ncn1. The molecule has 0 amide bonds. The molecule has 1 aromatic carbocycles. The molecule has 11 heteroatoms. The summed E-state index contributed by atoms with van der Waals surface area (Å²) in [4.78, 5) is 17.6. The Balaban J connectivity index is 1.96. The zero-order valence-corrected chi connectivity index (χ0v) is 12.8. The van der Waals surface area contributed by atoms with E-state index in [1.54, 1.807) is 18.5 Å². The second kappa shape index (κ2) is 6.04. The van der Waals surface area contributed by atoms with Gasteiger partial charge in [0.15, 0.2) is 10.7 Å². The third-order valence-corrected chi connectivity index (χ3v) is 4.38. The summed E-state index contributed by atoms with van der Waals surface area (Å²) in [6.07, 6.45) is 4.33. The number of nitrogens with zero attached hydrogens (tertiary/aromatic N) is 5. The van der Waals surface area contributed by atoms with Gasteiger partial charge in [0.05, 0.1) is 4.92 Å². The Bertz CT molecular complexity index is 987. The second-order valence-corrected chi connectivity index (χ2v) is 6.19. The van der Waals surface area contributed by atoms with Crippen LogP contribution in [0.25, 0.3) is 5.82 Å². The van der Waals surface area contributed by atoms with Gasteiger partial charge in [-0.2, -0.15) is 5.10 Å². The van der Waals surface area contributed by atoms with E-state index in [1.165, 1.54) is 22.9 Å². The van der Waals surface area contributed by atoms with Gasteiger partial charge in [0, 0.05) is 24.5 Å². The number of nitro benzene ring substituents is 1.